The second-order valence-corrected chi connectivity index (χ2v) is 4.88. The summed E-state index contributed by atoms with van der Waals surface area (Å²) in [6.45, 7) is 6.55. The van der Waals surface area contributed by atoms with Gasteiger partial charge in [-0.25, -0.2) is 8.78 Å². The molecule has 15 heavy (non-hydrogen) atoms. The molecule has 0 aromatic rings. The molecule has 0 saturated heterocycles. The van der Waals surface area contributed by atoms with Gasteiger partial charge < -0.3 is 10.2 Å². The number of likely N-dealkylation sites (N-methyl/N-ethyl adjacent to an activating group) is 1. The number of hydrogen-bond acceptors (Lipinski definition) is 2. The lowest BCUT2D eigenvalue weighted by atomic mass is 10.0. The molecule has 92 valence electrons. The van der Waals surface area contributed by atoms with Crippen molar-refractivity contribution in [2.75, 3.05) is 20.6 Å². The monoisotopic (exact) mass is 222 g/mol. The highest BCUT2D eigenvalue weighted by molar-refractivity contribution is 4.76. The van der Waals surface area contributed by atoms with E-state index < -0.39 is 12.5 Å². The lowest BCUT2D eigenvalue weighted by molar-refractivity contribution is 0.0950. The minimum absolute atomic E-state index is 0.143. The van der Waals surface area contributed by atoms with E-state index in [2.05, 4.69) is 19.2 Å². The van der Waals surface area contributed by atoms with Crippen molar-refractivity contribution in [1.29, 1.82) is 0 Å². The molecule has 1 N–H and O–H groups in total. The minimum atomic E-state index is -2.29. The topological polar surface area (TPSA) is 15.3 Å². The van der Waals surface area contributed by atoms with Gasteiger partial charge in [-0.1, -0.05) is 13.8 Å². The van der Waals surface area contributed by atoms with Crippen LogP contribution in [-0.2, 0) is 0 Å². The molecule has 2 unspecified atom stereocenters. The van der Waals surface area contributed by atoms with E-state index in [1.54, 1.807) is 0 Å². The molecule has 4 heteroatoms. The van der Waals surface area contributed by atoms with Crippen molar-refractivity contribution in [2.45, 2.75) is 45.7 Å². The summed E-state index contributed by atoms with van der Waals surface area (Å²) in [7, 11) is 3.92. The smallest absolute Gasteiger partial charge is 0.253 e. The molecule has 0 bridgehead atoms. The van der Waals surface area contributed by atoms with Crippen LogP contribution in [0.2, 0.25) is 0 Å². The van der Waals surface area contributed by atoms with Crippen molar-refractivity contribution < 1.29 is 8.78 Å². The van der Waals surface area contributed by atoms with Gasteiger partial charge in [0.25, 0.3) is 6.43 Å². The van der Waals surface area contributed by atoms with Crippen molar-refractivity contribution >= 4 is 0 Å². The first-order valence-corrected chi connectivity index (χ1v) is 5.51. The van der Waals surface area contributed by atoms with Crippen molar-refractivity contribution in [3.8, 4) is 0 Å². The van der Waals surface area contributed by atoms with Crippen molar-refractivity contribution in [3.63, 3.8) is 0 Å². The molecule has 0 saturated carbocycles. The Morgan fingerprint density at radius 1 is 1.13 bits per heavy atom. The first kappa shape index (κ1) is 14.8. The molecular weight excluding hydrogens is 198 g/mol. The van der Waals surface area contributed by atoms with Crippen molar-refractivity contribution in [2.24, 2.45) is 5.92 Å². The van der Waals surface area contributed by atoms with E-state index in [1.165, 1.54) is 6.92 Å². The maximum absolute atomic E-state index is 12.4. The zero-order chi connectivity index (χ0) is 12.0. The first-order valence-electron chi connectivity index (χ1n) is 5.51. The van der Waals surface area contributed by atoms with Crippen LogP contribution in [0.25, 0.3) is 0 Å². The van der Waals surface area contributed by atoms with Crippen LogP contribution in [0.3, 0.4) is 0 Å². The molecule has 0 fully saturated rings. The molecule has 0 aliphatic heterocycles. The molecule has 0 rings (SSSR count). The van der Waals surface area contributed by atoms with E-state index in [9.17, 15) is 8.78 Å². The highest BCUT2D eigenvalue weighted by Gasteiger charge is 2.20. The molecule has 0 amide bonds. The Balaban J connectivity index is 4.11. The molecule has 0 aromatic heterocycles. The lowest BCUT2D eigenvalue weighted by Crippen LogP contribution is -2.46. The fraction of sp³-hybridized carbons (Fsp3) is 1.00. The molecular formula is C11H24F2N2. The number of nitrogens with one attached hydrogen (secondary N) is 1. The van der Waals surface area contributed by atoms with Gasteiger partial charge in [0.05, 0.1) is 6.04 Å². The summed E-state index contributed by atoms with van der Waals surface area (Å²) >= 11 is 0. The molecule has 2 nitrogen and oxygen atoms in total. The van der Waals surface area contributed by atoms with Crippen molar-refractivity contribution in [1.82, 2.24) is 10.2 Å². The lowest BCUT2D eigenvalue weighted by Gasteiger charge is -2.27. The fourth-order valence-electron chi connectivity index (χ4n) is 1.65. The maximum atomic E-state index is 12.4. The standard InChI is InChI=1S/C11H24F2N2/c1-8(2)6-10(7-15(4)5)14-9(3)11(12)13/h8-11,14H,6-7H2,1-5H3. The summed E-state index contributed by atoms with van der Waals surface area (Å²) in [5.41, 5.74) is 0. The Bertz CT molecular complexity index is 151. The average Bonchev–Trinajstić information content (AvgIpc) is 2.00. The van der Waals surface area contributed by atoms with Gasteiger partial charge in [-0.15, -0.1) is 0 Å². The van der Waals surface area contributed by atoms with Crippen LogP contribution in [0.4, 0.5) is 8.78 Å². The first-order chi connectivity index (χ1) is 6.82. The third-order valence-electron chi connectivity index (χ3n) is 2.22. The van der Waals surface area contributed by atoms with Crippen LogP contribution in [0, 0.1) is 5.92 Å². The Labute approximate surface area is 92.0 Å². The van der Waals surface area contributed by atoms with Gasteiger partial charge in [0.2, 0.25) is 0 Å². The van der Waals surface area contributed by atoms with Crippen LogP contribution in [0.5, 0.6) is 0 Å². The van der Waals surface area contributed by atoms with Gasteiger partial charge in [-0.3, -0.25) is 0 Å². The van der Waals surface area contributed by atoms with Crippen LogP contribution in [0.15, 0.2) is 0 Å². The zero-order valence-corrected chi connectivity index (χ0v) is 10.4. The number of hydrogen-bond donors (Lipinski definition) is 1. The quantitative estimate of drug-likeness (QED) is 0.710. The number of rotatable bonds is 7. The van der Waals surface area contributed by atoms with E-state index in [-0.39, 0.29) is 6.04 Å². The Morgan fingerprint density at radius 2 is 1.67 bits per heavy atom. The van der Waals surface area contributed by atoms with Gasteiger partial charge in [-0.05, 0) is 33.4 Å². The molecule has 0 aliphatic carbocycles. The number of halogens is 2. The van der Waals surface area contributed by atoms with Gasteiger partial charge in [0.15, 0.2) is 0 Å². The second-order valence-electron chi connectivity index (χ2n) is 4.88. The third kappa shape index (κ3) is 7.68. The SMILES string of the molecule is CC(C)CC(CN(C)C)NC(C)C(F)F. The molecule has 0 spiro atoms. The van der Waals surface area contributed by atoms with E-state index in [4.69, 9.17) is 0 Å². The summed E-state index contributed by atoms with van der Waals surface area (Å²) in [4.78, 5) is 2.03. The Hall–Kier alpha value is -0.220. The Kier molecular flexibility index (Phi) is 7.02. The predicted molar refractivity (Wildman–Crippen MR) is 60.4 cm³/mol. The highest BCUT2D eigenvalue weighted by atomic mass is 19.3. The van der Waals surface area contributed by atoms with E-state index in [0.717, 1.165) is 13.0 Å². The molecule has 0 aromatic carbocycles. The van der Waals surface area contributed by atoms with Gasteiger partial charge in [0.1, 0.15) is 0 Å². The normalized spacial score (nSPS) is 16.4. The minimum Gasteiger partial charge on any atom is -0.308 e. The van der Waals surface area contributed by atoms with E-state index in [1.807, 2.05) is 19.0 Å². The summed E-state index contributed by atoms with van der Waals surface area (Å²) in [6.07, 6.45) is -1.36. The summed E-state index contributed by atoms with van der Waals surface area (Å²) < 4.78 is 24.8. The number of nitrogens with zero attached hydrogens (tertiary/aromatic N) is 1. The highest BCUT2D eigenvalue weighted by Crippen LogP contribution is 2.08. The van der Waals surface area contributed by atoms with Crippen LogP contribution >= 0.6 is 0 Å². The summed E-state index contributed by atoms with van der Waals surface area (Å²) in [6, 6.07) is -0.585. The predicted octanol–water partition coefficient (Wildman–Crippen LogP) is 2.21. The fourth-order valence-corrected chi connectivity index (χ4v) is 1.65. The van der Waals surface area contributed by atoms with E-state index >= 15 is 0 Å². The summed E-state index contributed by atoms with van der Waals surface area (Å²) in [5, 5.41) is 2.99. The van der Waals surface area contributed by atoms with Gasteiger partial charge in [-0.2, -0.15) is 0 Å². The Morgan fingerprint density at radius 3 is 2.00 bits per heavy atom. The van der Waals surface area contributed by atoms with Gasteiger partial charge >= 0.3 is 0 Å². The summed E-state index contributed by atoms with van der Waals surface area (Å²) in [5.74, 6) is 0.521. The number of alkyl halides is 2. The van der Waals surface area contributed by atoms with Gasteiger partial charge in [0, 0.05) is 12.6 Å². The van der Waals surface area contributed by atoms with Crippen LogP contribution < -0.4 is 5.32 Å². The molecule has 0 radical (unpaired) electrons. The molecule has 0 aliphatic rings. The third-order valence-corrected chi connectivity index (χ3v) is 2.22. The molecule has 0 heterocycles. The van der Waals surface area contributed by atoms with Crippen LogP contribution in [-0.4, -0.2) is 44.0 Å². The van der Waals surface area contributed by atoms with E-state index in [0.29, 0.717) is 5.92 Å². The van der Waals surface area contributed by atoms with Crippen LogP contribution in [0.1, 0.15) is 27.2 Å². The second kappa shape index (κ2) is 7.12. The largest absolute Gasteiger partial charge is 0.308 e. The maximum Gasteiger partial charge on any atom is 0.253 e. The van der Waals surface area contributed by atoms with Crippen molar-refractivity contribution in [3.05, 3.63) is 0 Å². The molecule has 2 atom stereocenters. The average molecular weight is 222 g/mol. The zero-order valence-electron chi connectivity index (χ0n) is 10.4.